The fraction of sp³-hybridized carbons (Fsp3) is 0.471. The average Bonchev–Trinajstić information content (AvgIpc) is 2.98. The molecule has 2 heterocycles. The van der Waals surface area contributed by atoms with E-state index >= 15 is 0 Å². The molecule has 0 radical (unpaired) electrons. The fourth-order valence-electron chi connectivity index (χ4n) is 2.11. The summed E-state index contributed by atoms with van der Waals surface area (Å²) < 4.78 is 0. The molecule has 0 bridgehead atoms. The van der Waals surface area contributed by atoms with Crippen LogP contribution >= 0.6 is 11.3 Å². The standard InChI is InChI=1S/C17H25N3S/c1-14(2)12-18-13-15-6-4-8-17(19-15)20(3)10-9-16-7-5-11-21-16/h4-8,11,14,18H,9-10,12-13H2,1-3H3. The minimum absolute atomic E-state index is 0.668. The topological polar surface area (TPSA) is 28.2 Å². The predicted molar refractivity (Wildman–Crippen MR) is 92.1 cm³/mol. The molecule has 0 saturated heterocycles. The molecule has 0 fully saturated rings. The van der Waals surface area contributed by atoms with Crippen LogP contribution in [0.5, 0.6) is 0 Å². The molecule has 0 saturated carbocycles. The minimum atomic E-state index is 0.668. The highest BCUT2D eigenvalue weighted by Gasteiger charge is 2.05. The third kappa shape index (κ3) is 5.48. The summed E-state index contributed by atoms with van der Waals surface area (Å²) in [5.41, 5.74) is 1.11. The molecule has 3 nitrogen and oxygen atoms in total. The van der Waals surface area contributed by atoms with Gasteiger partial charge in [0.2, 0.25) is 0 Å². The van der Waals surface area contributed by atoms with Crippen molar-refractivity contribution in [2.45, 2.75) is 26.8 Å². The van der Waals surface area contributed by atoms with E-state index in [1.165, 1.54) is 4.88 Å². The van der Waals surface area contributed by atoms with Gasteiger partial charge >= 0.3 is 0 Å². The maximum Gasteiger partial charge on any atom is 0.128 e. The Morgan fingerprint density at radius 2 is 2.10 bits per heavy atom. The summed E-state index contributed by atoms with van der Waals surface area (Å²) >= 11 is 1.82. The number of likely N-dealkylation sites (N-methyl/N-ethyl adjacent to an activating group) is 1. The van der Waals surface area contributed by atoms with Crippen LogP contribution in [0.15, 0.2) is 35.7 Å². The van der Waals surface area contributed by atoms with Crippen molar-refractivity contribution < 1.29 is 0 Å². The first-order chi connectivity index (χ1) is 10.1. The highest BCUT2D eigenvalue weighted by Crippen LogP contribution is 2.13. The molecule has 2 aromatic heterocycles. The first-order valence-corrected chi connectivity index (χ1v) is 8.43. The molecule has 0 spiro atoms. The SMILES string of the molecule is CC(C)CNCc1cccc(N(C)CCc2cccs2)n1. The van der Waals surface area contributed by atoms with E-state index in [1.807, 2.05) is 11.3 Å². The Bertz CT molecular complexity index is 523. The Labute approximate surface area is 132 Å². The van der Waals surface area contributed by atoms with Crippen LogP contribution in [0.1, 0.15) is 24.4 Å². The Morgan fingerprint density at radius 3 is 2.81 bits per heavy atom. The van der Waals surface area contributed by atoms with Gasteiger partial charge in [-0.25, -0.2) is 4.98 Å². The second-order valence-corrected chi connectivity index (χ2v) is 6.80. The molecule has 0 aliphatic carbocycles. The normalized spacial score (nSPS) is 11.0. The van der Waals surface area contributed by atoms with Gasteiger partial charge in [-0.15, -0.1) is 11.3 Å². The molecule has 0 aliphatic rings. The van der Waals surface area contributed by atoms with E-state index in [-0.39, 0.29) is 0 Å². The van der Waals surface area contributed by atoms with Crippen molar-refractivity contribution in [2.24, 2.45) is 5.92 Å². The Kier molecular flexibility index (Phi) is 6.21. The zero-order valence-corrected chi connectivity index (χ0v) is 14.0. The third-order valence-corrected chi connectivity index (χ3v) is 4.25. The van der Waals surface area contributed by atoms with E-state index in [0.29, 0.717) is 5.92 Å². The molecule has 114 valence electrons. The summed E-state index contributed by atoms with van der Waals surface area (Å²) in [5.74, 6) is 1.72. The van der Waals surface area contributed by atoms with Crippen molar-refractivity contribution in [1.82, 2.24) is 10.3 Å². The maximum absolute atomic E-state index is 4.74. The largest absolute Gasteiger partial charge is 0.359 e. The van der Waals surface area contributed by atoms with E-state index in [1.54, 1.807) is 0 Å². The number of anilines is 1. The number of nitrogens with zero attached hydrogens (tertiary/aromatic N) is 2. The molecule has 0 atom stereocenters. The van der Waals surface area contributed by atoms with Gasteiger partial charge < -0.3 is 10.2 Å². The zero-order valence-electron chi connectivity index (χ0n) is 13.2. The molecular formula is C17H25N3S. The lowest BCUT2D eigenvalue weighted by molar-refractivity contribution is 0.548. The highest BCUT2D eigenvalue weighted by molar-refractivity contribution is 7.09. The predicted octanol–water partition coefficient (Wildman–Crippen LogP) is 3.57. The Balaban J connectivity index is 1.86. The second-order valence-electron chi connectivity index (χ2n) is 5.76. The minimum Gasteiger partial charge on any atom is -0.359 e. The lowest BCUT2D eigenvalue weighted by Gasteiger charge is -2.18. The number of aromatic nitrogens is 1. The Morgan fingerprint density at radius 1 is 1.24 bits per heavy atom. The van der Waals surface area contributed by atoms with Crippen molar-refractivity contribution in [1.29, 1.82) is 0 Å². The van der Waals surface area contributed by atoms with E-state index in [2.05, 4.69) is 66.8 Å². The summed E-state index contributed by atoms with van der Waals surface area (Å²) in [7, 11) is 2.11. The summed E-state index contributed by atoms with van der Waals surface area (Å²) in [6.45, 7) is 7.30. The van der Waals surface area contributed by atoms with Crippen molar-refractivity contribution in [3.63, 3.8) is 0 Å². The maximum atomic E-state index is 4.74. The molecule has 2 rings (SSSR count). The summed E-state index contributed by atoms with van der Waals surface area (Å²) in [6, 6.07) is 10.6. The summed E-state index contributed by atoms with van der Waals surface area (Å²) in [5, 5.41) is 5.58. The molecule has 2 aromatic rings. The van der Waals surface area contributed by atoms with Gasteiger partial charge in [0, 0.05) is 25.0 Å². The summed E-state index contributed by atoms with van der Waals surface area (Å²) in [6.07, 6.45) is 1.08. The van der Waals surface area contributed by atoms with E-state index < -0.39 is 0 Å². The van der Waals surface area contributed by atoms with Gasteiger partial charge in [-0.3, -0.25) is 0 Å². The van der Waals surface area contributed by atoms with Crippen LogP contribution in [-0.2, 0) is 13.0 Å². The number of thiophene rings is 1. The van der Waals surface area contributed by atoms with E-state index in [0.717, 1.165) is 37.6 Å². The van der Waals surface area contributed by atoms with E-state index in [4.69, 9.17) is 4.98 Å². The first-order valence-electron chi connectivity index (χ1n) is 7.55. The number of pyridine rings is 1. The molecule has 21 heavy (non-hydrogen) atoms. The number of hydrogen-bond acceptors (Lipinski definition) is 4. The highest BCUT2D eigenvalue weighted by atomic mass is 32.1. The van der Waals surface area contributed by atoms with Crippen LogP contribution in [-0.4, -0.2) is 25.1 Å². The molecule has 1 N–H and O–H groups in total. The van der Waals surface area contributed by atoms with Crippen LogP contribution in [0.4, 0.5) is 5.82 Å². The molecule has 0 unspecified atom stereocenters. The number of nitrogens with one attached hydrogen (secondary N) is 1. The number of hydrogen-bond donors (Lipinski definition) is 1. The molecule has 0 amide bonds. The molecule has 0 aliphatic heterocycles. The van der Waals surface area contributed by atoms with Gasteiger partial charge in [-0.05, 0) is 42.5 Å². The molecule has 4 heteroatoms. The third-order valence-electron chi connectivity index (χ3n) is 3.32. The van der Waals surface area contributed by atoms with Crippen molar-refractivity contribution in [3.05, 3.63) is 46.3 Å². The van der Waals surface area contributed by atoms with Crippen LogP contribution in [0.3, 0.4) is 0 Å². The lowest BCUT2D eigenvalue weighted by Crippen LogP contribution is -2.23. The van der Waals surface area contributed by atoms with Gasteiger partial charge in [0.15, 0.2) is 0 Å². The van der Waals surface area contributed by atoms with Crippen molar-refractivity contribution >= 4 is 17.2 Å². The van der Waals surface area contributed by atoms with Crippen LogP contribution < -0.4 is 10.2 Å². The van der Waals surface area contributed by atoms with E-state index in [9.17, 15) is 0 Å². The van der Waals surface area contributed by atoms with Gasteiger partial charge in [-0.2, -0.15) is 0 Å². The van der Waals surface area contributed by atoms with Crippen LogP contribution in [0.2, 0.25) is 0 Å². The smallest absolute Gasteiger partial charge is 0.128 e. The lowest BCUT2D eigenvalue weighted by atomic mass is 10.2. The Hall–Kier alpha value is -1.39. The first kappa shape index (κ1) is 16.0. The monoisotopic (exact) mass is 303 g/mol. The van der Waals surface area contributed by atoms with Gasteiger partial charge in [0.25, 0.3) is 0 Å². The van der Waals surface area contributed by atoms with Crippen LogP contribution in [0.25, 0.3) is 0 Å². The zero-order chi connectivity index (χ0) is 15.1. The average molecular weight is 303 g/mol. The quantitative estimate of drug-likeness (QED) is 0.808. The fourth-order valence-corrected chi connectivity index (χ4v) is 2.81. The molecule has 0 aromatic carbocycles. The van der Waals surface area contributed by atoms with Gasteiger partial charge in [-0.1, -0.05) is 26.0 Å². The summed E-state index contributed by atoms with van der Waals surface area (Å²) in [4.78, 5) is 8.39. The van der Waals surface area contributed by atoms with Crippen molar-refractivity contribution in [3.8, 4) is 0 Å². The van der Waals surface area contributed by atoms with Crippen molar-refractivity contribution in [2.75, 3.05) is 25.0 Å². The van der Waals surface area contributed by atoms with Gasteiger partial charge in [0.05, 0.1) is 5.69 Å². The van der Waals surface area contributed by atoms with Gasteiger partial charge in [0.1, 0.15) is 5.82 Å². The molecular weight excluding hydrogens is 278 g/mol. The second kappa shape index (κ2) is 8.15. The number of rotatable bonds is 8. The van der Waals surface area contributed by atoms with Crippen LogP contribution in [0, 0.1) is 5.92 Å².